The van der Waals surface area contributed by atoms with Crippen molar-refractivity contribution < 1.29 is 9.47 Å². The van der Waals surface area contributed by atoms with Crippen molar-refractivity contribution >= 4 is 0 Å². The van der Waals surface area contributed by atoms with Gasteiger partial charge in [-0.3, -0.25) is 0 Å². The number of nitrogens with zero attached hydrogens (tertiary/aromatic N) is 3. The van der Waals surface area contributed by atoms with E-state index in [-0.39, 0.29) is 18.2 Å². The normalized spacial score (nSPS) is 36.0. The molecule has 6 nitrogen and oxygen atoms in total. The van der Waals surface area contributed by atoms with E-state index < -0.39 is 0 Å². The van der Waals surface area contributed by atoms with Gasteiger partial charge in [0.2, 0.25) is 0 Å². The summed E-state index contributed by atoms with van der Waals surface area (Å²) in [4.78, 5) is 0. The third-order valence-corrected chi connectivity index (χ3v) is 6.51. The highest BCUT2D eigenvalue weighted by Crippen LogP contribution is 2.35. The molecule has 2 aliphatic heterocycles. The maximum absolute atomic E-state index is 6.09. The molecule has 4 aliphatic rings. The zero-order valence-corrected chi connectivity index (χ0v) is 15.0. The van der Waals surface area contributed by atoms with Crippen molar-refractivity contribution in [3.05, 3.63) is 11.9 Å². The van der Waals surface area contributed by atoms with Crippen LogP contribution >= 0.6 is 0 Å². The molecule has 1 aromatic rings. The molecule has 5 rings (SSSR count). The summed E-state index contributed by atoms with van der Waals surface area (Å²) in [6.07, 6.45) is 13.1. The summed E-state index contributed by atoms with van der Waals surface area (Å²) >= 11 is 0. The second-order valence-electron chi connectivity index (χ2n) is 8.52. The van der Waals surface area contributed by atoms with Crippen LogP contribution in [0.4, 0.5) is 0 Å². The Labute approximate surface area is 149 Å². The van der Waals surface area contributed by atoms with Crippen LogP contribution in [0.25, 0.3) is 0 Å². The van der Waals surface area contributed by atoms with Gasteiger partial charge in [0, 0.05) is 6.20 Å². The largest absolute Gasteiger partial charge is 0.371 e. The molecule has 6 heteroatoms. The minimum Gasteiger partial charge on any atom is -0.371 e. The van der Waals surface area contributed by atoms with Crippen LogP contribution < -0.4 is 5.32 Å². The second kappa shape index (κ2) is 6.97. The van der Waals surface area contributed by atoms with E-state index in [4.69, 9.17) is 9.47 Å². The van der Waals surface area contributed by atoms with Crippen LogP contribution in [0.3, 0.4) is 0 Å². The fraction of sp³-hybridized carbons (Fsp3) is 0.895. The van der Waals surface area contributed by atoms with Crippen LogP contribution in [0.5, 0.6) is 0 Å². The Morgan fingerprint density at radius 2 is 1.84 bits per heavy atom. The highest BCUT2D eigenvalue weighted by atomic mass is 16.6. The summed E-state index contributed by atoms with van der Waals surface area (Å²) in [5, 5.41) is 12.5. The van der Waals surface area contributed by atoms with E-state index in [1.807, 2.05) is 4.68 Å². The number of rotatable bonds is 6. The fourth-order valence-electron chi connectivity index (χ4n) is 4.78. The Morgan fingerprint density at radius 1 is 1.00 bits per heavy atom. The summed E-state index contributed by atoms with van der Waals surface area (Å²) in [6.45, 7) is 2.55. The van der Waals surface area contributed by atoms with Crippen LogP contribution in [0.15, 0.2) is 6.20 Å². The van der Waals surface area contributed by atoms with Crippen molar-refractivity contribution in [2.45, 2.75) is 75.7 Å². The van der Waals surface area contributed by atoms with Gasteiger partial charge >= 0.3 is 0 Å². The van der Waals surface area contributed by atoms with Gasteiger partial charge in [-0.2, -0.15) is 0 Å². The van der Waals surface area contributed by atoms with Gasteiger partial charge in [-0.25, -0.2) is 4.68 Å². The molecule has 1 aromatic heterocycles. The molecule has 2 saturated heterocycles. The van der Waals surface area contributed by atoms with Gasteiger partial charge in [0.25, 0.3) is 0 Å². The molecular weight excluding hydrogens is 316 g/mol. The van der Waals surface area contributed by atoms with Gasteiger partial charge in [-0.15, -0.1) is 5.10 Å². The lowest BCUT2D eigenvalue weighted by Gasteiger charge is -2.20. The average Bonchev–Trinajstić information content (AvgIpc) is 3.03. The van der Waals surface area contributed by atoms with E-state index in [0.717, 1.165) is 37.1 Å². The third-order valence-electron chi connectivity index (χ3n) is 6.51. The zero-order chi connectivity index (χ0) is 16.6. The highest BCUT2D eigenvalue weighted by molar-refractivity contribution is 5.03. The van der Waals surface area contributed by atoms with E-state index in [1.165, 1.54) is 44.9 Å². The van der Waals surface area contributed by atoms with Crippen LogP contribution in [0.2, 0.25) is 0 Å². The first-order valence-electron chi connectivity index (χ1n) is 10.2. The van der Waals surface area contributed by atoms with Crippen LogP contribution in [-0.4, -0.2) is 53.0 Å². The molecular formula is C19H30N4O2. The van der Waals surface area contributed by atoms with Crippen molar-refractivity contribution in [1.82, 2.24) is 20.3 Å². The lowest BCUT2D eigenvalue weighted by molar-refractivity contribution is 0.0620. The summed E-state index contributed by atoms with van der Waals surface area (Å²) < 4.78 is 14.2. The Kier molecular flexibility index (Phi) is 4.52. The molecule has 138 valence electrons. The van der Waals surface area contributed by atoms with Crippen molar-refractivity contribution in [2.24, 2.45) is 11.8 Å². The molecule has 0 aromatic carbocycles. The molecule has 4 fully saturated rings. The molecule has 0 bridgehead atoms. The average molecular weight is 346 g/mol. The van der Waals surface area contributed by atoms with E-state index in [9.17, 15) is 0 Å². The summed E-state index contributed by atoms with van der Waals surface area (Å²) in [6, 6.07) is 0.506. The molecule has 2 saturated carbocycles. The molecule has 0 radical (unpaired) electrons. The molecule has 0 unspecified atom stereocenters. The van der Waals surface area contributed by atoms with Crippen molar-refractivity contribution in [2.75, 3.05) is 19.8 Å². The summed E-state index contributed by atoms with van der Waals surface area (Å²) in [5.74, 6) is 1.68. The highest BCUT2D eigenvalue weighted by Gasteiger charge is 2.49. The predicted molar refractivity (Wildman–Crippen MR) is 93.3 cm³/mol. The standard InChI is InChI=1S/C19H30N4O2/c1-2-4-13(5-3-1)8-15-10-23(22-21-15)17-12-25-18-16(11-24-19(17)18)20-9-14-6-7-14/h10,13-14,16-20H,1-9,11-12H2/t16-,17+,18-,19+/m0/s1. The molecule has 0 amide bonds. The van der Waals surface area contributed by atoms with Gasteiger partial charge in [-0.1, -0.05) is 37.3 Å². The first-order chi connectivity index (χ1) is 12.4. The number of ether oxygens (including phenoxy) is 2. The lowest BCUT2D eigenvalue weighted by Crippen LogP contribution is -2.41. The smallest absolute Gasteiger partial charge is 0.110 e. The molecule has 3 heterocycles. The van der Waals surface area contributed by atoms with Gasteiger partial charge in [-0.05, 0) is 37.6 Å². The van der Waals surface area contributed by atoms with E-state index in [0.29, 0.717) is 12.6 Å². The Morgan fingerprint density at radius 3 is 2.68 bits per heavy atom. The number of nitrogens with one attached hydrogen (secondary N) is 1. The monoisotopic (exact) mass is 346 g/mol. The lowest BCUT2D eigenvalue weighted by atomic mass is 9.86. The number of hydrogen-bond acceptors (Lipinski definition) is 5. The van der Waals surface area contributed by atoms with Crippen LogP contribution in [-0.2, 0) is 15.9 Å². The first kappa shape index (κ1) is 16.2. The minimum atomic E-state index is 0.112. The van der Waals surface area contributed by atoms with E-state index in [2.05, 4.69) is 21.8 Å². The van der Waals surface area contributed by atoms with Gasteiger partial charge < -0.3 is 14.8 Å². The second-order valence-corrected chi connectivity index (χ2v) is 8.52. The maximum Gasteiger partial charge on any atom is 0.110 e. The quantitative estimate of drug-likeness (QED) is 0.855. The minimum absolute atomic E-state index is 0.112. The molecule has 0 spiro atoms. The number of fused-ring (bicyclic) bond motifs is 1. The predicted octanol–water partition coefficient (Wildman–Crippen LogP) is 2.11. The topological polar surface area (TPSA) is 61.2 Å². The van der Waals surface area contributed by atoms with Gasteiger partial charge in [0.05, 0.1) is 24.9 Å². The molecule has 2 aliphatic carbocycles. The third kappa shape index (κ3) is 3.49. The van der Waals surface area contributed by atoms with E-state index >= 15 is 0 Å². The Balaban J connectivity index is 1.19. The maximum atomic E-state index is 6.09. The molecule has 25 heavy (non-hydrogen) atoms. The SMILES string of the molecule is c1c(CC2CCCCC2)nnn1[C@@H]1CO[C@@H]2[C@@H]1OC[C@@H]2NCC1CC1. The van der Waals surface area contributed by atoms with Gasteiger partial charge in [0.1, 0.15) is 18.2 Å². The van der Waals surface area contributed by atoms with Crippen LogP contribution in [0, 0.1) is 11.8 Å². The van der Waals surface area contributed by atoms with Crippen LogP contribution in [0.1, 0.15) is 56.7 Å². The molecule has 4 atom stereocenters. The zero-order valence-electron chi connectivity index (χ0n) is 15.0. The van der Waals surface area contributed by atoms with Crippen molar-refractivity contribution in [1.29, 1.82) is 0 Å². The Bertz CT molecular complexity index is 582. The number of aromatic nitrogens is 3. The van der Waals surface area contributed by atoms with E-state index in [1.54, 1.807) is 0 Å². The summed E-state index contributed by atoms with van der Waals surface area (Å²) in [5.41, 5.74) is 1.14. The van der Waals surface area contributed by atoms with Gasteiger partial charge in [0.15, 0.2) is 0 Å². The van der Waals surface area contributed by atoms with Crippen molar-refractivity contribution in [3.63, 3.8) is 0 Å². The van der Waals surface area contributed by atoms with Crippen molar-refractivity contribution in [3.8, 4) is 0 Å². The fourth-order valence-corrected chi connectivity index (χ4v) is 4.78. The summed E-state index contributed by atoms with van der Waals surface area (Å²) in [7, 11) is 0. The number of hydrogen-bond donors (Lipinski definition) is 1. The molecule has 1 N–H and O–H groups in total. The first-order valence-corrected chi connectivity index (χ1v) is 10.2. The Hall–Kier alpha value is -0.980.